The molecule has 6 rings (SSSR count). The molecule has 158 valence electrons. The van der Waals surface area contributed by atoms with Gasteiger partial charge in [0.25, 0.3) is 0 Å². The fourth-order valence-electron chi connectivity index (χ4n) is 4.87. The molecular formula is C23H24N6O2. The first-order valence-corrected chi connectivity index (χ1v) is 10.6. The second-order valence-electron chi connectivity index (χ2n) is 8.37. The first kappa shape index (κ1) is 18.4. The van der Waals surface area contributed by atoms with Crippen molar-refractivity contribution in [3.05, 3.63) is 53.7 Å². The molecule has 8 heteroatoms. The van der Waals surface area contributed by atoms with E-state index in [-0.39, 0.29) is 12.1 Å². The van der Waals surface area contributed by atoms with E-state index < -0.39 is 0 Å². The number of ether oxygens (including phenoxy) is 1. The number of pyridine rings is 1. The number of imidazole rings is 1. The summed E-state index contributed by atoms with van der Waals surface area (Å²) in [5.74, 6) is 2.53. The van der Waals surface area contributed by atoms with Crippen molar-refractivity contribution in [3.8, 4) is 16.9 Å². The molecule has 3 aromatic heterocycles. The molecule has 0 amide bonds. The van der Waals surface area contributed by atoms with Gasteiger partial charge in [0.2, 0.25) is 5.95 Å². The van der Waals surface area contributed by atoms with Crippen LogP contribution in [0.5, 0.6) is 5.75 Å². The molecule has 0 aliphatic carbocycles. The van der Waals surface area contributed by atoms with Crippen molar-refractivity contribution in [2.24, 2.45) is 5.73 Å². The Morgan fingerprint density at radius 2 is 2.06 bits per heavy atom. The van der Waals surface area contributed by atoms with E-state index in [0.717, 1.165) is 70.5 Å². The van der Waals surface area contributed by atoms with Crippen LogP contribution in [0.4, 0.5) is 5.95 Å². The van der Waals surface area contributed by atoms with Gasteiger partial charge in [0, 0.05) is 30.9 Å². The predicted octanol–water partition coefficient (Wildman–Crippen LogP) is 3.22. The normalized spacial score (nSPS) is 20.4. The van der Waals surface area contributed by atoms with Crippen LogP contribution >= 0.6 is 0 Å². The fraction of sp³-hybridized carbons (Fsp3) is 0.348. The van der Waals surface area contributed by atoms with E-state index in [0.29, 0.717) is 6.61 Å². The van der Waals surface area contributed by atoms with Gasteiger partial charge in [0.15, 0.2) is 5.75 Å². The molecular weight excluding hydrogens is 392 g/mol. The van der Waals surface area contributed by atoms with Gasteiger partial charge in [-0.25, -0.2) is 4.98 Å². The third kappa shape index (κ3) is 2.75. The molecule has 2 atom stereocenters. The lowest BCUT2D eigenvalue weighted by Crippen LogP contribution is -2.31. The van der Waals surface area contributed by atoms with Crippen LogP contribution in [0, 0.1) is 13.8 Å². The minimum Gasteiger partial charge on any atom is -0.488 e. The van der Waals surface area contributed by atoms with Crippen LogP contribution in [0.25, 0.3) is 22.2 Å². The monoisotopic (exact) mass is 416 g/mol. The standard InChI is InChI=1S/C23H24N6O2/c1-13-20(14(2)31-27-13)16-6-7-18-21-22(16)30-12-19(17-5-3-4-9-25-17)29(21)23(26-18)28-10-8-15(24)11-28/h3-7,9,15,19H,8,10-12,24H2,1-2H3/t15-,19-/m0/s1. The maximum atomic E-state index is 6.41. The third-order valence-electron chi connectivity index (χ3n) is 6.32. The van der Waals surface area contributed by atoms with Crippen molar-refractivity contribution in [1.82, 2.24) is 19.7 Å². The van der Waals surface area contributed by atoms with Crippen LogP contribution in [-0.2, 0) is 0 Å². The highest BCUT2D eigenvalue weighted by Gasteiger charge is 2.34. The van der Waals surface area contributed by atoms with Gasteiger partial charge >= 0.3 is 0 Å². The summed E-state index contributed by atoms with van der Waals surface area (Å²) in [5, 5.41) is 4.14. The maximum absolute atomic E-state index is 6.41. The zero-order valence-corrected chi connectivity index (χ0v) is 17.6. The van der Waals surface area contributed by atoms with Crippen molar-refractivity contribution in [2.75, 3.05) is 24.6 Å². The average molecular weight is 416 g/mol. The average Bonchev–Trinajstić information content (AvgIpc) is 3.48. The van der Waals surface area contributed by atoms with E-state index >= 15 is 0 Å². The quantitative estimate of drug-likeness (QED) is 0.548. The van der Waals surface area contributed by atoms with Gasteiger partial charge in [-0.3, -0.25) is 9.55 Å². The van der Waals surface area contributed by atoms with Crippen molar-refractivity contribution < 1.29 is 9.26 Å². The molecule has 4 aromatic rings. The summed E-state index contributed by atoms with van der Waals surface area (Å²) >= 11 is 0. The number of hydrogen-bond donors (Lipinski definition) is 1. The van der Waals surface area contributed by atoms with E-state index in [9.17, 15) is 0 Å². The zero-order valence-electron chi connectivity index (χ0n) is 17.6. The van der Waals surface area contributed by atoms with Gasteiger partial charge in [0.05, 0.1) is 22.5 Å². The zero-order chi connectivity index (χ0) is 21.1. The molecule has 0 saturated carbocycles. The molecule has 5 heterocycles. The van der Waals surface area contributed by atoms with Crippen LogP contribution in [0.15, 0.2) is 41.1 Å². The van der Waals surface area contributed by atoms with Crippen LogP contribution < -0.4 is 15.4 Å². The minimum atomic E-state index is -0.0644. The van der Waals surface area contributed by atoms with Crippen molar-refractivity contribution >= 4 is 17.0 Å². The number of nitrogens with two attached hydrogens (primary N) is 1. The summed E-state index contributed by atoms with van der Waals surface area (Å²) < 4.78 is 14.1. The van der Waals surface area contributed by atoms with E-state index in [1.165, 1.54) is 0 Å². The number of aromatic nitrogens is 4. The maximum Gasteiger partial charge on any atom is 0.207 e. The van der Waals surface area contributed by atoms with Crippen LogP contribution in [-0.4, -0.2) is 45.4 Å². The summed E-state index contributed by atoms with van der Waals surface area (Å²) in [7, 11) is 0. The molecule has 2 aliphatic heterocycles. The lowest BCUT2D eigenvalue weighted by molar-refractivity contribution is 0.258. The van der Waals surface area contributed by atoms with Gasteiger partial charge in [-0.15, -0.1) is 0 Å². The van der Waals surface area contributed by atoms with E-state index in [1.54, 1.807) is 0 Å². The van der Waals surface area contributed by atoms with E-state index in [1.807, 2.05) is 38.2 Å². The Morgan fingerprint density at radius 1 is 1.16 bits per heavy atom. The first-order valence-electron chi connectivity index (χ1n) is 10.6. The van der Waals surface area contributed by atoms with Crippen molar-refractivity contribution in [2.45, 2.75) is 32.4 Å². The summed E-state index contributed by atoms with van der Waals surface area (Å²) in [5.41, 5.74) is 11.9. The first-order chi connectivity index (χ1) is 15.1. The fourth-order valence-corrected chi connectivity index (χ4v) is 4.87. The van der Waals surface area contributed by atoms with E-state index in [4.69, 9.17) is 20.0 Å². The smallest absolute Gasteiger partial charge is 0.207 e. The van der Waals surface area contributed by atoms with Crippen LogP contribution in [0.2, 0.25) is 0 Å². The third-order valence-corrected chi connectivity index (χ3v) is 6.32. The summed E-state index contributed by atoms with van der Waals surface area (Å²) in [4.78, 5) is 11.9. The minimum absolute atomic E-state index is 0.0644. The molecule has 0 bridgehead atoms. The Hall–Kier alpha value is -3.39. The summed E-state index contributed by atoms with van der Waals surface area (Å²) in [6.45, 7) is 6.05. The Morgan fingerprint density at radius 3 is 2.77 bits per heavy atom. The predicted molar refractivity (Wildman–Crippen MR) is 117 cm³/mol. The Balaban J connectivity index is 1.62. The number of aryl methyl sites for hydroxylation is 2. The van der Waals surface area contributed by atoms with Gasteiger partial charge in [-0.2, -0.15) is 0 Å². The van der Waals surface area contributed by atoms with Gasteiger partial charge in [-0.05, 0) is 44.5 Å². The van der Waals surface area contributed by atoms with Gasteiger partial charge < -0.3 is 19.9 Å². The molecule has 2 N–H and O–H groups in total. The lowest BCUT2D eigenvalue weighted by Gasteiger charge is -2.30. The number of rotatable bonds is 3. The number of nitrogens with zero attached hydrogens (tertiary/aromatic N) is 5. The van der Waals surface area contributed by atoms with Crippen molar-refractivity contribution in [1.29, 1.82) is 0 Å². The highest BCUT2D eigenvalue weighted by molar-refractivity contribution is 5.94. The summed E-state index contributed by atoms with van der Waals surface area (Å²) in [6, 6.07) is 10.2. The Kier molecular flexibility index (Phi) is 4.04. The molecule has 0 spiro atoms. The van der Waals surface area contributed by atoms with Crippen LogP contribution in [0.3, 0.4) is 0 Å². The van der Waals surface area contributed by atoms with Crippen molar-refractivity contribution in [3.63, 3.8) is 0 Å². The number of benzene rings is 1. The lowest BCUT2D eigenvalue weighted by atomic mass is 10.0. The van der Waals surface area contributed by atoms with E-state index in [2.05, 4.69) is 31.7 Å². The Labute approximate surface area is 179 Å². The topological polar surface area (TPSA) is 95.2 Å². The molecule has 31 heavy (non-hydrogen) atoms. The number of anilines is 1. The molecule has 1 saturated heterocycles. The molecule has 8 nitrogen and oxygen atoms in total. The molecule has 1 aromatic carbocycles. The number of hydrogen-bond acceptors (Lipinski definition) is 7. The Bertz CT molecular complexity index is 1260. The summed E-state index contributed by atoms with van der Waals surface area (Å²) in [6.07, 6.45) is 2.79. The largest absolute Gasteiger partial charge is 0.488 e. The SMILES string of the molecule is Cc1noc(C)c1-c1ccc2nc(N3CC[C@H](N)C3)n3c2c1OC[C@H]3c1ccccn1. The van der Waals surface area contributed by atoms with Gasteiger partial charge in [0.1, 0.15) is 23.9 Å². The highest BCUT2D eigenvalue weighted by Crippen LogP contribution is 2.45. The molecule has 2 aliphatic rings. The second kappa shape index (κ2) is 6.81. The molecule has 1 fully saturated rings. The molecule has 0 unspecified atom stereocenters. The van der Waals surface area contributed by atoms with Gasteiger partial charge in [-0.1, -0.05) is 11.2 Å². The second-order valence-corrected chi connectivity index (χ2v) is 8.37. The highest BCUT2D eigenvalue weighted by atomic mass is 16.5. The molecule has 0 radical (unpaired) electrons. The van der Waals surface area contributed by atoms with Crippen LogP contribution in [0.1, 0.15) is 29.6 Å².